The molecule has 3 unspecified atom stereocenters. The summed E-state index contributed by atoms with van der Waals surface area (Å²) in [5.41, 5.74) is 2.84. The van der Waals surface area contributed by atoms with E-state index in [1.54, 1.807) is 26.0 Å². The van der Waals surface area contributed by atoms with Crippen molar-refractivity contribution in [3.8, 4) is 5.75 Å². The van der Waals surface area contributed by atoms with E-state index in [1.807, 2.05) is 36.4 Å². The Morgan fingerprint density at radius 3 is 2.47 bits per heavy atom. The number of benzene rings is 2. The molecule has 2 aliphatic heterocycles. The van der Waals surface area contributed by atoms with Crippen molar-refractivity contribution < 1.29 is 23.8 Å². The van der Waals surface area contributed by atoms with Gasteiger partial charge in [-0.3, -0.25) is 9.79 Å². The summed E-state index contributed by atoms with van der Waals surface area (Å²) in [6.45, 7) is 3.95. The lowest BCUT2D eigenvalue weighted by molar-refractivity contribution is -0.147. The number of esters is 2. The molecule has 0 saturated carbocycles. The Balaban J connectivity index is 1.76. The molecular formula is C25H24ClNO5. The molecule has 4 rings (SSSR count). The van der Waals surface area contributed by atoms with Crippen LogP contribution in [0.1, 0.15) is 43.4 Å². The zero-order chi connectivity index (χ0) is 22.8. The molecule has 0 spiro atoms. The zero-order valence-electron chi connectivity index (χ0n) is 18.1. The average molecular weight is 454 g/mol. The molecular weight excluding hydrogens is 430 g/mol. The van der Waals surface area contributed by atoms with Crippen LogP contribution in [0.5, 0.6) is 5.75 Å². The second kappa shape index (κ2) is 9.17. The van der Waals surface area contributed by atoms with Gasteiger partial charge in [0.05, 0.1) is 19.3 Å². The van der Waals surface area contributed by atoms with E-state index >= 15 is 0 Å². The maximum Gasteiger partial charge on any atom is 0.337 e. The first kappa shape index (κ1) is 22.1. The Bertz CT molecular complexity index is 1120. The number of hydrogen-bond donors (Lipinski definition) is 0. The molecule has 0 radical (unpaired) electrons. The second-order valence-corrected chi connectivity index (χ2v) is 8.23. The van der Waals surface area contributed by atoms with E-state index in [1.165, 1.54) is 7.11 Å². The van der Waals surface area contributed by atoms with Crippen molar-refractivity contribution in [2.75, 3.05) is 13.7 Å². The van der Waals surface area contributed by atoms with Crippen molar-refractivity contribution in [1.82, 2.24) is 0 Å². The number of halogens is 1. The standard InChI is InChI=1S/C25H24ClNO5/c1-14-21(24(28)30-3)23(16-8-4-6-10-18(16)26)22(15(2)27-14)25(29)32-20-12-13-31-19-11-7-5-9-17(19)20/h4-11,20-21,23H,12-13H2,1-3H3. The Morgan fingerprint density at radius 1 is 1.06 bits per heavy atom. The van der Waals surface area contributed by atoms with E-state index in [0.29, 0.717) is 46.3 Å². The van der Waals surface area contributed by atoms with Crippen molar-refractivity contribution in [1.29, 1.82) is 0 Å². The van der Waals surface area contributed by atoms with E-state index in [4.69, 9.17) is 25.8 Å². The fourth-order valence-corrected chi connectivity index (χ4v) is 4.68. The molecule has 7 heteroatoms. The first-order valence-electron chi connectivity index (χ1n) is 10.4. The van der Waals surface area contributed by atoms with Crippen LogP contribution in [0.25, 0.3) is 0 Å². The number of methoxy groups -OCH3 is 1. The third kappa shape index (κ3) is 4.02. The first-order valence-corrected chi connectivity index (χ1v) is 10.8. The number of aliphatic imine (C=N–C) groups is 1. The van der Waals surface area contributed by atoms with Gasteiger partial charge in [0.1, 0.15) is 17.8 Å². The van der Waals surface area contributed by atoms with Crippen LogP contribution in [0, 0.1) is 5.92 Å². The predicted octanol–water partition coefficient (Wildman–Crippen LogP) is 5.03. The molecule has 0 aliphatic carbocycles. The van der Waals surface area contributed by atoms with Crippen LogP contribution in [0.4, 0.5) is 0 Å². The molecule has 2 heterocycles. The molecule has 2 aliphatic rings. The van der Waals surface area contributed by atoms with E-state index in [9.17, 15) is 9.59 Å². The minimum atomic E-state index is -0.784. The quantitative estimate of drug-likeness (QED) is 0.607. The number of carbonyl (C=O) groups excluding carboxylic acids is 2. The highest BCUT2D eigenvalue weighted by Gasteiger charge is 2.43. The minimum Gasteiger partial charge on any atom is -0.493 e. The zero-order valence-corrected chi connectivity index (χ0v) is 18.9. The Hall–Kier alpha value is -3.12. The summed E-state index contributed by atoms with van der Waals surface area (Å²) in [6.07, 6.45) is 0.0809. The maximum atomic E-state index is 13.6. The lowest BCUT2D eigenvalue weighted by atomic mass is 9.75. The van der Waals surface area contributed by atoms with Gasteiger partial charge in [-0.25, -0.2) is 4.79 Å². The fraction of sp³-hybridized carbons (Fsp3) is 0.320. The lowest BCUT2D eigenvalue weighted by Crippen LogP contribution is -2.36. The van der Waals surface area contributed by atoms with Gasteiger partial charge in [-0.15, -0.1) is 0 Å². The molecule has 0 saturated heterocycles. The predicted molar refractivity (Wildman–Crippen MR) is 121 cm³/mol. The van der Waals surface area contributed by atoms with Gasteiger partial charge in [-0.2, -0.15) is 0 Å². The number of para-hydroxylation sites is 1. The summed E-state index contributed by atoms with van der Waals surface area (Å²) in [7, 11) is 1.32. The van der Waals surface area contributed by atoms with E-state index in [-0.39, 0.29) is 0 Å². The molecule has 2 aromatic rings. The summed E-state index contributed by atoms with van der Waals surface area (Å²) in [5.74, 6) is -1.76. The molecule has 6 nitrogen and oxygen atoms in total. The van der Waals surface area contributed by atoms with Crippen LogP contribution in [-0.4, -0.2) is 31.4 Å². The number of rotatable bonds is 4. The third-order valence-corrected chi connectivity index (χ3v) is 6.24. The minimum absolute atomic E-state index is 0.308. The van der Waals surface area contributed by atoms with Gasteiger partial charge in [0.2, 0.25) is 0 Å². The number of fused-ring (bicyclic) bond motifs is 1. The Morgan fingerprint density at radius 2 is 1.75 bits per heavy atom. The van der Waals surface area contributed by atoms with E-state index in [2.05, 4.69) is 4.99 Å². The largest absolute Gasteiger partial charge is 0.493 e. The highest BCUT2D eigenvalue weighted by Crippen LogP contribution is 2.44. The Labute approximate surface area is 191 Å². The van der Waals surface area contributed by atoms with Crippen molar-refractivity contribution in [2.24, 2.45) is 10.9 Å². The third-order valence-electron chi connectivity index (χ3n) is 5.90. The number of ether oxygens (including phenoxy) is 3. The van der Waals surface area contributed by atoms with Crippen LogP contribution in [0.3, 0.4) is 0 Å². The number of carbonyl (C=O) groups is 2. The topological polar surface area (TPSA) is 74.2 Å². The van der Waals surface area contributed by atoms with Gasteiger partial charge >= 0.3 is 11.9 Å². The summed E-state index contributed by atoms with van der Waals surface area (Å²) >= 11 is 6.51. The van der Waals surface area contributed by atoms with Gasteiger partial charge in [-0.05, 0) is 31.5 Å². The highest BCUT2D eigenvalue weighted by molar-refractivity contribution is 6.31. The van der Waals surface area contributed by atoms with Crippen molar-refractivity contribution in [3.63, 3.8) is 0 Å². The molecule has 166 valence electrons. The van der Waals surface area contributed by atoms with Crippen molar-refractivity contribution >= 4 is 29.3 Å². The van der Waals surface area contributed by atoms with Gasteiger partial charge in [0, 0.05) is 34.3 Å². The van der Waals surface area contributed by atoms with E-state index in [0.717, 1.165) is 5.56 Å². The number of hydrogen-bond acceptors (Lipinski definition) is 6. The molecule has 0 fully saturated rings. The molecule has 3 atom stereocenters. The van der Waals surface area contributed by atoms with Gasteiger partial charge < -0.3 is 14.2 Å². The lowest BCUT2D eigenvalue weighted by Gasteiger charge is -2.33. The van der Waals surface area contributed by atoms with Crippen LogP contribution >= 0.6 is 11.6 Å². The number of nitrogens with zero attached hydrogens (tertiary/aromatic N) is 1. The van der Waals surface area contributed by atoms with Gasteiger partial charge in [0.25, 0.3) is 0 Å². The number of allylic oxidation sites excluding steroid dienone is 1. The molecule has 0 N–H and O–H groups in total. The van der Waals surface area contributed by atoms with Gasteiger partial charge in [-0.1, -0.05) is 48.0 Å². The van der Waals surface area contributed by atoms with Crippen LogP contribution in [-0.2, 0) is 19.1 Å². The second-order valence-electron chi connectivity index (χ2n) is 7.82. The van der Waals surface area contributed by atoms with Gasteiger partial charge in [0.15, 0.2) is 0 Å². The summed E-state index contributed by atoms with van der Waals surface area (Å²) in [5, 5.41) is 0.454. The van der Waals surface area contributed by atoms with Crippen LogP contribution in [0.15, 0.2) is 64.8 Å². The van der Waals surface area contributed by atoms with Crippen molar-refractivity contribution in [3.05, 3.63) is 76.0 Å². The fourth-order valence-electron chi connectivity index (χ4n) is 4.42. The molecule has 0 aromatic heterocycles. The molecule has 2 aromatic carbocycles. The molecule has 0 bridgehead atoms. The van der Waals surface area contributed by atoms with E-state index < -0.39 is 29.9 Å². The highest BCUT2D eigenvalue weighted by atomic mass is 35.5. The molecule has 32 heavy (non-hydrogen) atoms. The Kier molecular flexibility index (Phi) is 6.33. The monoisotopic (exact) mass is 453 g/mol. The first-order chi connectivity index (χ1) is 15.4. The smallest absolute Gasteiger partial charge is 0.337 e. The summed E-state index contributed by atoms with van der Waals surface area (Å²) in [6, 6.07) is 14.7. The normalized spacial score (nSPS) is 22.4. The van der Waals surface area contributed by atoms with Crippen LogP contribution < -0.4 is 4.74 Å². The molecule has 0 amide bonds. The van der Waals surface area contributed by atoms with Crippen LogP contribution in [0.2, 0.25) is 5.02 Å². The van der Waals surface area contributed by atoms with Crippen molar-refractivity contribution in [2.45, 2.75) is 32.3 Å². The summed E-state index contributed by atoms with van der Waals surface area (Å²) in [4.78, 5) is 30.8. The summed E-state index contributed by atoms with van der Waals surface area (Å²) < 4.78 is 16.7. The maximum absolute atomic E-state index is 13.6. The average Bonchev–Trinajstić information content (AvgIpc) is 2.78. The SMILES string of the molecule is COC(=O)C1C(C)=NC(C)=C(C(=O)OC2CCOc3ccccc32)C1c1ccccc1Cl.